The molecule has 1 heterocycles. The van der Waals surface area contributed by atoms with Crippen LogP contribution in [-0.4, -0.2) is 27.6 Å². The number of nitrogens with one attached hydrogen (secondary N) is 1. The molecule has 0 saturated heterocycles. The lowest BCUT2D eigenvalue weighted by Crippen LogP contribution is -2.07. The first kappa shape index (κ1) is 11.7. The minimum Gasteiger partial charge on any atom is -0.481 e. The summed E-state index contributed by atoms with van der Waals surface area (Å²) in [6.07, 6.45) is 0.695. The number of aromatic nitrogens is 2. The fraction of sp³-hybridized carbons (Fsp3) is 0.444. The van der Waals surface area contributed by atoms with Gasteiger partial charge in [-0.05, 0) is 13.3 Å². The predicted octanol–water partition coefficient (Wildman–Crippen LogP) is 1.72. The third kappa shape index (κ3) is 4.60. The van der Waals surface area contributed by atoms with Gasteiger partial charge >= 0.3 is 5.97 Å². The van der Waals surface area contributed by atoms with Crippen LogP contribution in [0.2, 0.25) is 5.15 Å². The summed E-state index contributed by atoms with van der Waals surface area (Å²) in [6, 6.07) is 1.61. The molecule has 0 saturated carbocycles. The number of hydrogen-bond donors (Lipinski definition) is 2. The zero-order valence-electron chi connectivity index (χ0n) is 8.33. The lowest BCUT2D eigenvalue weighted by atomic mass is 10.3. The Morgan fingerprint density at radius 3 is 2.93 bits per heavy atom. The SMILES string of the molecule is Cc1nc(Cl)cc(NCCCC(=O)O)n1. The van der Waals surface area contributed by atoms with Crippen molar-refractivity contribution >= 4 is 23.4 Å². The Balaban J connectivity index is 2.40. The number of aliphatic carboxylic acids is 1. The zero-order chi connectivity index (χ0) is 11.3. The molecule has 0 radical (unpaired) electrons. The second-order valence-corrected chi connectivity index (χ2v) is 3.43. The summed E-state index contributed by atoms with van der Waals surface area (Å²) in [5.41, 5.74) is 0. The van der Waals surface area contributed by atoms with Gasteiger partial charge in [0.05, 0.1) is 0 Å². The molecule has 0 fully saturated rings. The third-order valence-corrected chi connectivity index (χ3v) is 1.87. The second kappa shape index (κ2) is 5.50. The Hall–Kier alpha value is -1.36. The summed E-state index contributed by atoms with van der Waals surface area (Å²) in [5.74, 6) is 0.412. The first-order valence-corrected chi connectivity index (χ1v) is 4.92. The van der Waals surface area contributed by atoms with Crippen LogP contribution in [0.5, 0.6) is 0 Å². The lowest BCUT2D eigenvalue weighted by molar-refractivity contribution is -0.137. The van der Waals surface area contributed by atoms with Crippen LogP contribution in [-0.2, 0) is 4.79 Å². The van der Waals surface area contributed by atoms with Crippen molar-refractivity contribution in [1.29, 1.82) is 0 Å². The maximum atomic E-state index is 10.2. The summed E-state index contributed by atoms with van der Waals surface area (Å²) >= 11 is 5.73. The summed E-state index contributed by atoms with van der Waals surface area (Å²) in [4.78, 5) is 18.3. The van der Waals surface area contributed by atoms with Crippen LogP contribution in [0.1, 0.15) is 18.7 Å². The van der Waals surface area contributed by atoms with E-state index in [4.69, 9.17) is 16.7 Å². The normalized spacial score (nSPS) is 10.0. The van der Waals surface area contributed by atoms with Gasteiger partial charge in [-0.15, -0.1) is 0 Å². The molecule has 0 unspecified atom stereocenters. The van der Waals surface area contributed by atoms with E-state index in [1.54, 1.807) is 13.0 Å². The number of carboxylic acid groups (broad SMARTS) is 1. The largest absolute Gasteiger partial charge is 0.481 e. The number of rotatable bonds is 5. The number of carbonyl (C=O) groups is 1. The molecule has 0 amide bonds. The van der Waals surface area contributed by atoms with Crippen molar-refractivity contribution in [3.05, 3.63) is 17.0 Å². The van der Waals surface area contributed by atoms with Gasteiger partial charge in [-0.3, -0.25) is 4.79 Å². The van der Waals surface area contributed by atoms with Crippen LogP contribution in [0.3, 0.4) is 0 Å². The first-order valence-electron chi connectivity index (χ1n) is 4.55. The van der Waals surface area contributed by atoms with Gasteiger partial charge in [-0.2, -0.15) is 0 Å². The minimum atomic E-state index is -0.797. The lowest BCUT2D eigenvalue weighted by Gasteiger charge is -2.05. The molecular formula is C9H12ClN3O2. The topological polar surface area (TPSA) is 75.1 Å². The third-order valence-electron chi connectivity index (χ3n) is 1.68. The molecule has 15 heavy (non-hydrogen) atoms. The van der Waals surface area contributed by atoms with Crippen LogP contribution in [0.25, 0.3) is 0 Å². The molecule has 1 aromatic rings. The zero-order valence-corrected chi connectivity index (χ0v) is 9.08. The van der Waals surface area contributed by atoms with Crippen molar-refractivity contribution < 1.29 is 9.90 Å². The molecule has 1 aromatic heterocycles. The maximum Gasteiger partial charge on any atom is 0.303 e. The van der Waals surface area contributed by atoms with E-state index in [9.17, 15) is 4.79 Å². The maximum absolute atomic E-state index is 10.2. The van der Waals surface area contributed by atoms with Crippen molar-refractivity contribution in [2.45, 2.75) is 19.8 Å². The summed E-state index contributed by atoms with van der Waals surface area (Å²) in [7, 11) is 0. The van der Waals surface area contributed by atoms with E-state index < -0.39 is 5.97 Å². The molecule has 0 aliphatic heterocycles. The van der Waals surface area contributed by atoms with Crippen molar-refractivity contribution in [2.75, 3.05) is 11.9 Å². The van der Waals surface area contributed by atoms with Crippen molar-refractivity contribution in [3.63, 3.8) is 0 Å². The molecule has 0 aromatic carbocycles. The highest BCUT2D eigenvalue weighted by Gasteiger charge is 2.00. The number of aryl methyl sites for hydroxylation is 1. The number of carboxylic acids is 1. The highest BCUT2D eigenvalue weighted by Crippen LogP contribution is 2.10. The highest BCUT2D eigenvalue weighted by molar-refractivity contribution is 6.29. The number of anilines is 1. The smallest absolute Gasteiger partial charge is 0.303 e. The molecule has 1 rings (SSSR count). The van der Waals surface area contributed by atoms with E-state index in [0.29, 0.717) is 29.8 Å². The molecule has 0 atom stereocenters. The van der Waals surface area contributed by atoms with Gasteiger partial charge in [-0.25, -0.2) is 9.97 Å². The van der Waals surface area contributed by atoms with Gasteiger partial charge in [0.25, 0.3) is 0 Å². The van der Waals surface area contributed by atoms with Gasteiger partial charge < -0.3 is 10.4 Å². The van der Waals surface area contributed by atoms with Gasteiger partial charge in [-0.1, -0.05) is 11.6 Å². The van der Waals surface area contributed by atoms with Gasteiger partial charge in [0.2, 0.25) is 0 Å². The Labute approximate surface area is 92.5 Å². The van der Waals surface area contributed by atoms with E-state index in [1.165, 1.54) is 0 Å². The standard InChI is InChI=1S/C9H12ClN3O2/c1-6-12-7(10)5-8(13-6)11-4-2-3-9(14)15/h5H,2-4H2,1H3,(H,14,15)(H,11,12,13). The van der Waals surface area contributed by atoms with Crippen molar-refractivity contribution in [1.82, 2.24) is 9.97 Å². The van der Waals surface area contributed by atoms with Crippen LogP contribution in [0.4, 0.5) is 5.82 Å². The average Bonchev–Trinajstić information content (AvgIpc) is 2.10. The van der Waals surface area contributed by atoms with E-state index in [1.807, 2.05) is 0 Å². The van der Waals surface area contributed by atoms with Crippen LogP contribution < -0.4 is 5.32 Å². The van der Waals surface area contributed by atoms with Crippen molar-refractivity contribution in [2.24, 2.45) is 0 Å². The van der Waals surface area contributed by atoms with Gasteiger partial charge in [0.15, 0.2) is 0 Å². The Kier molecular flexibility index (Phi) is 4.30. The Bertz CT molecular complexity index is 337. The van der Waals surface area contributed by atoms with E-state index in [2.05, 4.69) is 15.3 Å². The summed E-state index contributed by atoms with van der Waals surface area (Å²) < 4.78 is 0. The van der Waals surface area contributed by atoms with Gasteiger partial charge in [0.1, 0.15) is 16.8 Å². The van der Waals surface area contributed by atoms with Crippen LogP contribution >= 0.6 is 11.6 Å². The van der Waals surface area contributed by atoms with Gasteiger partial charge in [0, 0.05) is 19.0 Å². The van der Waals surface area contributed by atoms with Crippen LogP contribution in [0.15, 0.2) is 6.07 Å². The molecule has 0 aliphatic carbocycles. The molecule has 6 heteroatoms. The average molecular weight is 230 g/mol. The molecular weight excluding hydrogens is 218 g/mol. The van der Waals surface area contributed by atoms with Crippen molar-refractivity contribution in [3.8, 4) is 0 Å². The molecule has 5 nitrogen and oxygen atoms in total. The monoisotopic (exact) mass is 229 g/mol. The quantitative estimate of drug-likeness (QED) is 0.594. The number of nitrogens with zero attached hydrogens (tertiary/aromatic N) is 2. The molecule has 0 spiro atoms. The molecule has 2 N–H and O–H groups in total. The highest BCUT2D eigenvalue weighted by atomic mass is 35.5. The summed E-state index contributed by atoms with van der Waals surface area (Å²) in [6.45, 7) is 2.30. The summed E-state index contributed by atoms with van der Waals surface area (Å²) in [5, 5.41) is 11.8. The predicted molar refractivity (Wildman–Crippen MR) is 57.1 cm³/mol. The molecule has 0 aliphatic rings. The number of halogens is 1. The Morgan fingerprint density at radius 2 is 2.33 bits per heavy atom. The number of hydrogen-bond acceptors (Lipinski definition) is 4. The fourth-order valence-electron chi connectivity index (χ4n) is 1.08. The molecule has 0 bridgehead atoms. The second-order valence-electron chi connectivity index (χ2n) is 3.05. The van der Waals surface area contributed by atoms with Crippen LogP contribution in [0, 0.1) is 6.92 Å². The first-order chi connectivity index (χ1) is 7.08. The fourth-order valence-corrected chi connectivity index (χ4v) is 1.30. The Morgan fingerprint density at radius 1 is 1.60 bits per heavy atom. The molecule has 82 valence electrons. The van der Waals surface area contributed by atoms with E-state index >= 15 is 0 Å². The van der Waals surface area contributed by atoms with E-state index in [0.717, 1.165) is 0 Å². The van der Waals surface area contributed by atoms with E-state index in [-0.39, 0.29) is 6.42 Å². The minimum absolute atomic E-state index is 0.144.